The molecule has 1 aromatic rings. The molecule has 0 spiro atoms. The molecule has 0 unspecified atom stereocenters. The molecule has 7 heteroatoms. The zero-order valence-electron chi connectivity index (χ0n) is 23.9. The van der Waals surface area contributed by atoms with E-state index in [0.29, 0.717) is 28.8 Å². The maximum absolute atomic E-state index is 14.0. The van der Waals surface area contributed by atoms with Gasteiger partial charge >= 0.3 is 11.9 Å². The summed E-state index contributed by atoms with van der Waals surface area (Å²) in [6, 6.07) is 1.77. The molecule has 1 amide bonds. The lowest BCUT2D eigenvalue weighted by Gasteiger charge is -2.35. The Morgan fingerprint density at radius 3 is 2.03 bits per heavy atom. The van der Waals surface area contributed by atoms with E-state index in [2.05, 4.69) is 34.6 Å². The van der Waals surface area contributed by atoms with Crippen LogP contribution in [-0.2, 0) is 24.5 Å². The second-order valence-corrected chi connectivity index (χ2v) is 13.5. The van der Waals surface area contributed by atoms with Gasteiger partial charge in [0.25, 0.3) is 0 Å². The van der Waals surface area contributed by atoms with Gasteiger partial charge in [-0.25, -0.2) is 4.79 Å². The first-order valence-electron chi connectivity index (χ1n) is 14.1. The third kappa shape index (κ3) is 7.58. The predicted molar refractivity (Wildman–Crippen MR) is 149 cm³/mol. The molecule has 2 saturated carbocycles. The van der Waals surface area contributed by atoms with Crippen molar-refractivity contribution in [3.8, 4) is 0 Å². The summed E-state index contributed by atoms with van der Waals surface area (Å²) in [5.41, 5.74) is 0.460. The number of hydrogen-bond donors (Lipinski definition) is 0. The summed E-state index contributed by atoms with van der Waals surface area (Å²) >= 11 is 1.40. The van der Waals surface area contributed by atoms with E-state index in [-0.39, 0.29) is 41.8 Å². The maximum atomic E-state index is 14.0. The van der Waals surface area contributed by atoms with Gasteiger partial charge in [-0.1, -0.05) is 34.6 Å². The fourth-order valence-corrected chi connectivity index (χ4v) is 6.64. The number of amides is 1. The minimum absolute atomic E-state index is 0.00869. The van der Waals surface area contributed by atoms with Gasteiger partial charge in [-0.15, -0.1) is 11.3 Å². The minimum atomic E-state index is -0.421. The van der Waals surface area contributed by atoms with Crippen LogP contribution in [0.3, 0.4) is 0 Å². The molecule has 37 heavy (non-hydrogen) atoms. The normalized spacial score (nSPS) is 25.3. The molecule has 1 atom stereocenters. The molecule has 0 aromatic carbocycles. The number of rotatable bonds is 8. The highest BCUT2D eigenvalue weighted by molar-refractivity contribution is 7.14. The molecular formula is C30H47NO5S. The summed E-state index contributed by atoms with van der Waals surface area (Å²) in [6.07, 6.45) is 8.26. The van der Waals surface area contributed by atoms with Crippen molar-refractivity contribution in [2.75, 3.05) is 18.6 Å². The Kier molecular flexibility index (Phi) is 10.2. The average molecular weight is 534 g/mol. The van der Waals surface area contributed by atoms with Gasteiger partial charge in [0.2, 0.25) is 5.91 Å². The van der Waals surface area contributed by atoms with Crippen LogP contribution in [0.4, 0.5) is 5.69 Å². The molecule has 0 aliphatic heterocycles. The SMILES string of the molecule is COC(=O)c1sc(C(C)(C)C)cc1N(C(=O)C1CCC(C)CC1)[C@@H](C)CCOC(=O)[C@H]1CC[C@H](C)CC1. The summed E-state index contributed by atoms with van der Waals surface area (Å²) in [4.78, 5) is 42.8. The van der Waals surface area contributed by atoms with Gasteiger partial charge in [-0.3, -0.25) is 9.59 Å². The number of thiophene rings is 1. The van der Waals surface area contributed by atoms with Crippen molar-refractivity contribution in [2.45, 2.75) is 111 Å². The molecule has 208 valence electrons. The van der Waals surface area contributed by atoms with Crippen molar-refractivity contribution >= 4 is 34.9 Å². The van der Waals surface area contributed by atoms with Crippen LogP contribution < -0.4 is 4.90 Å². The Bertz CT molecular complexity index is 932. The Labute approximate surface area is 227 Å². The molecule has 0 radical (unpaired) electrons. The number of carbonyl (C=O) groups excluding carboxylic acids is 3. The third-order valence-corrected chi connectivity index (χ3v) is 9.78. The highest BCUT2D eigenvalue weighted by Crippen LogP contribution is 2.40. The van der Waals surface area contributed by atoms with E-state index in [1.165, 1.54) is 18.4 Å². The summed E-state index contributed by atoms with van der Waals surface area (Å²) in [6.45, 7) is 13.1. The van der Waals surface area contributed by atoms with Crippen LogP contribution in [0, 0.1) is 23.7 Å². The highest BCUT2D eigenvalue weighted by Gasteiger charge is 2.36. The van der Waals surface area contributed by atoms with Crippen molar-refractivity contribution in [3.63, 3.8) is 0 Å². The Hall–Kier alpha value is -1.89. The third-order valence-electron chi connectivity index (χ3n) is 8.25. The van der Waals surface area contributed by atoms with E-state index in [0.717, 1.165) is 56.2 Å². The average Bonchev–Trinajstić information content (AvgIpc) is 3.30. The number of esters is 2. The van der Waals surface area contributed by atoms with Gasteiger partial charge < -0.3 is 14.4 Å². The Morgan fingerprint density at radius 2 is 1.51 bits per heavy atom. The molecule has 2 aliphatic carbocycles. The zero-order chi connectivity index (χ0) is 27.3. The minimum Gasteiger partial charge on any atom is -0.465 e. The molecule has 0 saturated heterocycles. The van der Waals surface area contributed by atoms with Crippen LogP contribution in [-0.4, -0.2) is 37.6 Å². The van der Waals surface area contributed by atoms with Crippen LogP contribution in [0.1, 0.15) is 114 Å². The lowest BCUT2D eigenvalue weighted by atomic mass is 9.82. The largest absolute Gasteiger partial charge is 0.465 e. The van der Waals surface area contributed by atoms with Crippen molar-refractivity contribution in [1.82, 2.24) is 0 Å². The number of hydrogen-bond acceptors (Lipinski definition) is 6. The smallest absolute Gasteiger partial charge is 0.350 e. The number of carbonyl (C=O) groups is 3. The van der Waals surface area contributed by atoms with E-state index in [1.54, 1.807) is 0 Å². The maximum Gasteiger partial charge on any atom is 0.350 e. The summed E-state index contributed by atoms with van der Waals surface area (Å²) < 4.78 is 10.8. The van der Waals surface area contributed by atoms with Crippen LogP contribution in [0.15, 0.2) is 6.07 Å². The second kappa shape index (κ2) is 12.8. The van der Waals surface area contributed by atoms with E-state index in [9.17, 15) is 14.4 Å². The molecule has 3 rings (SSSR count). The Morgan fingerprint density at radius 1 is 0.973 bits per heavy atom. The quantitative estimate of drug-likeness (QED) is 0.332. The van der Waals surface area contributed by atoms with Crippen molar-refractivity contribution in [2.24, 2.45) is 23.7 Å². The molecule has 2 aliphatic rings. The summed E-state index contributed by atoms with van der Waals surface area (Å²) in [7, 11) is 1.38. The monoisotopic (exact) mass is 533 g/mol. The molecule has 0 bridgehead atoms. The number of methoxy groups -OCH3 is 1. The van der Waals surface area contributed by atoms with Gasteiger partial charge in [-0.05, 0) is 81.6 Å². The van der Waals surface area contributed by atoms with E-state index < -0.39 is 5.97 Å². The lowest BCUT2D eigenvalue weighted by molar-refractivity contribution is -0.150. The van der Waals surface area contributed by atoms with E-state index >= 15 is 0 Å². The van der Waals surface area contributed by atoms with Gasteiger partial charge in [0, 0.05) is 23.3 Å². The number of nitrogens with zero attached hydrogens (tertiary/aromatic N) is 1. The molecule has 1 aromatic heterocycles. The number of ether oxygens (including phenoxy) is 2. The highest BCUT2D eigenvalue weighted by atomic mass is 32.1. The van der Waals surface area contributed by atoms with Gasteiger partial charge in [0.15, 0.2) is 0 Å². The fraction of sp³-hybridized carbons (Fsp3) is 0.767. The first-order valence-corrected chi connectivity index (χ1v) is 15.0. The first-order chi connectivity index (χ1) is 17.4. The number of anilines is 1. The first kappa shape index (κ1) is 29.7. The van der Waals surface area contributed by atoms with Crippen LogP contribution >= 0.6 is 11.3 Å². The summed E-state index contributed by atoms with van der Waals surface area (Å²) in [5.74, 6) is 0.778. The van der Waals surface area contributed by atoms with E-state index in [1.807, 2.05) is 17.9 Å². The lowest BCUT2D eigenvalue weighted by Crippen LogP contribution is -2.44. The van der Waals surface area contributed by atoms with Gasteiger partial charge in [-0.2, -0.15) is 0 Å². The van der Waals surface area contributed by atoms with Crippen molar-refractivity contribution in [3.05, 3.63) is 15.8 Å². The standard InChI is InChI=1S/C30H47NO5S/c1-19-8-12-22(13-9-19)27(32)31(24-18-25(30(4,5)6)37-26(24)29(34)35-7)21(3)16-17-36-28(33)23-14-10-20(2)11-15-23/h18-23H,8-17H2,1-7H3/t19?,20-,21-,22?,23-/m0/s1. The molecule has 0 N–H and O–H groups in total. The van der Waals surface area contributed by atoms with Crippen LogP contribution in [0.2, 0.25) is 0 Å². The van der Waals surface area contributed by atoms with Crippen LogP contribution in [0.5, 0.6) is 0 Å². The molecular weight excluding hydrogens is 486 g/mol. The van der Waals surface area contributed by atoms with Gasteiger partial charge in [0.1, 0.15) is 4.88 Å². The van der Waals surface area contributed by atoms with Crippen LogP contribution in [0.25, 0.3) is 0 Å². The molecule has 1 heterocycles. The Balaban J connectivity index is 1.82. The topological polar surface area (TPSA) is 72.9 Å². The molecule has 2 fully saturated rings. The fourth-order valence-electron chi connectivity index (χ4n) is 5.52. The second-order valence-electron chi connectivity index (χ2n) is 12.5. The zero-order valence-corrected chi connectivity index (χ0v) is 24.7. The van der Waals surface area contributed by atoms with E-state index in [4.69, 9.17) is 9.47 Å². The predicted octanol–water partition coefficient (Wildman–Crippen LogP) is 7.14. The van der Waals surface area contributed by atoms with Crippen molar-refractivity contribution < 1.29 is 23.9 Å². The molecule has 6 nitrogen and oxygen atoms in total. The van der Waals surface area contributed by atoms with Gasteiger partial charge in [0.05, 0.1) is 25.3 Å². The van der Waals surface area contributed by atoms with Crippen molar-refractivity contribution in [1.29, 1.82) is 0 Å². The summed E-state index contributed by atoms with van der Waals surface area (Å²) in [5, 5.41) is 0.